The number of hydrazone groups is 1. The van der Waals surface area contributed by atoms with Crippen LogP contribution >= 0.6 is 7.75 Å². The number of carbonyl (C=O) groups excluding carboxylic acids is 1. The second kappa shape index (κ2) is 18.7. The Kier molecular flexibility index (Phi) is 15.7. The number of nitrogens with two attached hydrogens (primary N) is 1. The fourth-order valence-electron chi connectivity index (χ4n) is 5.43. The number of morpholine rings is 1. The van der Waals surface area contributed by atoms with Crippen molar-refractivity contribution >= 4 is 19.4 Å². The molecular weight excluding hydrogens is 768 g/mol. The van der Waals surface area contributed by atoms with Crippen LogP contribution in [0.1, 0.15) is 47.7 Å². The molecule has 23 heteroatoms. The Bertz CT molecular complexity index is 1600. The van der Waals surface area contributed by atoms with Gasteiger partial charge in [0.1, 0.15) is 36.8 Å². The number of amides is 1. The van der Waals surface area contributed by atoms with Crippen molar-refractivity contribution in [3.63, 3.8) is 0 Å². The minimum absolute atomic E-state index is 0.00423. The van der Waals surface area contributed by atoms with Crippen molar-refractivity contribution in [2.75, 3.05) is 39.9 Å². The van der Waals surface area contributed by atoms with Crippen LogP contribution in [0.15, 0.2) is 47.6 Å². The van der Waals surface area contributed by atoms with E-state index in [-0.39, 0.29) is 42.8 Å². The summed E-state index contributed by atoms with van der Waals surface area (Å²) in [6.45, 7) is 0.674. The summed E-state index contributed by atoms with van der Waals surface area (Å²) >= 11 is 0. The molecule has 0 radical (unpaired) electrons. The van der Waals surface area contributed by atoms with Gasteiger partial charge in [-0.3, -0.25) is 9.69 Å². The summed E-state index contributed by atoms with van der Waals surface area (Å²) < 4.78 is 117. The number of quaternary nitrogens is 1. The molecule has 2 aliphatic heterocycles. The summed E-state index contributed by atoms with van der Waals surface area (Å²) in [5.74, 6) is -1.67. The van der Waals surface area contributed by atoms with E-state index in [9.17, 15) is 60.1 Å². The molecule has 0 saturated carbocycles. The van der Waals surface area contributed by atoms with Crippen LogP contribution in [0, 0.1) is 5.82 Å². The Balaban J connectivity index is 0.000000515. The molecule has 54 heavy (non-hydrogen) atoms. The average molecular weight is 808 g/mol. The van der Waals surface area contributed by atoms with Gasteiger partial charge < -0.3 is 54.7 Å². The van der Waals surface area contributed by atoms with Gasteiger partial charge in [0.05, 0.1) is 63.4 Å². The third kappa shape index (κ3) is 12.2. The molecule has 0 bridgehead atoms. The molecule has 7 N–H and O–H groups in total. The summed E-state index contributed by atoms with van der Waals surface area (Å²) in [7, 11) is -3.81. The fourth-order valence-corrected chi connectivity index (χ4v) is 6.01. The van der Waals surface area contributed by atoms with Gasteiger partial charge in [-0.05, 0) is 48.4 Å². The van der Waals surface area contributed by atoms with Crippen LogP contribution in [0.4, 0.5) is 30.7 Å². The summed E-state index contributed by atoms with van der Waals surface area (Å²) in [6.07, 6.45) is -18.9. The zero-order chi connectivity index (χ0) is 40.8. The predicted octanol–water partition coefficient (Wildman–Crippen LogP) is -0.627. The molecule has 304 valence electrons. The topological polar surface area (TPSA) is 235 Å². The number of ether oxygens (including phenoxy) is 2. The highest BCUT2D eigenvalue weighted by Crippen LogP contribution is 2.40. The van der Waals surface area contributed by atoms with Crippen LogP contribution in [-0.4, -0.2) is 117 Å². The lowest BCUT2D eigenvalue weighted by atomic mass is 10.0. The molecule has 1 saturated heterocycles. The van der Waals surface area contributed by atoms with E-state index in [0.29, 0.717) is 17.7 Å². The van der Waals surface area contributed by atoms with E-state index in [4.69, 9.17) is 24.8 Å². The van der Waals surface area contributed by atoms with Gasteiger partial charge in [-0.15, -0.1) is 0 Å². The van der Waals surface area contributed by atoms with E-state index >= 15 is 0 Å². The van der Waals surface area contributed by atoms with Gasteiger partial charge in [0.2, 0.25) is 0 Å². The molecule has 0 aliphatic carbocycles. The number of aliphatic hydroxyl groups excluding tert-OH is 5. The normalized spacial score (nSPS) is 21.5. The summed E-state index contributed by atoms with van der Waals surface area (Å²) in [4.78, 5) is 36.2. The molecule has 2 aromatic rings. The summed E-state index contributed by atoms with van der Waals surface area (Å²) in [5, 5.41) is 50.2. The van der Waals surface area contributed by atoms with Crippen molar-refractivity contribution in [1.82, 2.24) is 9.68 Å². The first-order chi connectivity index (χ1) is 25.0. The predicted molar refractivity (Wildman–Crippen MR) is 167 cm³/mol. The molecule has 15 nitrogen and oxygen atoms in total. The number of halogens is 7. The van der Waals surface area contributed by atoms with Crippen molar-refractivity contribution in [2.24, 2.45) is 5.10 Å². The second-order valence-corrected chi connectivity index (χ2v) is 13.6. The summed E-state index contributed by atoms with van der Waals surface area (Å²) in [6, 6.07) is 5.02. The molecule has 7 atom stereocenters. The highest BCUT2D eigenvalue weighted by molar-refractivity contribution is 7.46. The number of carbonyl (C=O) groups is 1. The smallest absolute Gasteiger partial charge is 0.416 e. The Morgan fingerprint density at radius 1 is 1.00 bits per heavy atom. The maximum atomic E-state index is 13.7. The number of hydrogen-bond donors (Lipinski definition) is 6. The average Bonchev–Trinajstić information content (AvgIpc) is 3.47. The largest absolute Gasteiger partial charge is 0.793 e. The Morgan fingerprint density at radius 3 is 2.04 bits per heavy atom. The van der Waals surface area contributed by atoms with Crippen LogP contribution in [0.25, 0.3) is 0 Å². The van der Waals surface area contributed by atoms with Gasteiger partial charge in [0.15, 0.2) is 6.29 Å². The quantitative estimate of drug-likeness (QED) is 0.110. The third-order valence-corrected chi connectivity index (χ3v) is 8.95. The maximum Gasteiger partial charge on any atom is 0.416 e. The fraction of sp³-hybridized carbons (Fsp3) is 0.548. The van der Waals surface area contributed by atoms with Gasteiger partial charge >= 0.3 is 12.4 Å². The highest BCUT2D eigenvalue weighted by Gasteiger charge is 2.40. The number of rotatable bonds is 13. The number of likely N-dealkylation sites (N-methyl/N-ethyl adjacent to an activating group) is 1. The first-order valence-corrected chi connectivity index (χ1v) is 17.6. The number of nitrogens with zero attached hydrogens (tertiary/aromatic N) is 3. The van der Waals surface area contributed by atoms with Crippen molar-refractivity contribution in [2.45, 2.75) is 68.5 Å². The van der Waals surface area contributed by atoms with Crippen molar-refractivity contribution < 1.29 is 90.2 Å². The molecule has 0 unspecified atom stereocenters. The SMILES string of the molecule is C[C@@H](O[C@H]1OCCN(CC2=NN(P(=O)([O-])[O-])C(=O)C2)[C@H]1c1ccc(F)cc1)c1cc(C(F)(F)F)cc(C(F)(F)F)c1.C[NH2+]C[C@H](O)[C@@H](O)[C@H](O)[C@H](O)CO. The molecule has 1 fully saturated rings. The van der Waals surface area contributed by atoms with E-state index in [2.05, 4.69) is 5.10 Å². The van der Waals surface area contributed by atoms with Crippen molar-refractivity contribution in [1.29, 1.82) is 0 Å². The van der Waals surface area contributed by atoms with Gasteiger partial charge in [-0.1, -0.05) is 12.1 Å². The van der Waals surface area contributed by atoms with Crippen LogP contribution in [0.5, 0.6) is 0 Å². The van der Waals surface area contributed by atoms with E-state index in [1.165, 1.54) is 19.1 Å². The number of aliphatic hydroxyl groups is 5. The molecular formula is C31H39F7N4O11P-. The van der Waals surface area contributed by atoms with Crippen molar-refractivity contribution in [3.8, 4) is 0 Å². The first kappa shape index (κ1) is 45.3. The molecule has 4 rings (SSSR count). The van der Waals surface area contributed by atoms with Crippen LogP contribution in [0.2, 0.25) is 0 Å². The zero-order valence-corrected chi connectivity index (χ0v) is 29.4. The number of hydrogen-bond acceptors (Lipinski definition) is 13. The van der Waals surface area contributed by atoms with Gasteiger partial charge in [0, 0.05) is 13.1 Å². The van der Waals surface area contributed by atoms with E-state index in [1.807, 2.05) is 0 Å². The molecule has 2 aliphatic rings. The number of alkyl halides is 6. The minimum Gasteiger partial charge on any atom is -0.793 e. The monoisotopic (exact) mass is 807 g/mol. The standard InChI is InChI=1S/C24H23F7N3O6P.C7H17NO5/c1-13(15-8-16(23(26,27)28)10-17(9-15)24(29,30)31)40-22-21(14-2-4-18(25)5-3-14)33(6-7-39-22)12-19-11-20(35)34(32-19)41(36,37)38;1-8-2-4(10)6(12)7(13)5(11)3-9/h2-5,8-10,13,21-22H,6-7,11-12H2,1H3,(H2,36,37,38);4-13H,2-3H2,1H3/p-1/t13-,21+,22-;4-,5+,6+,7+/m10/s1. The lowest BCUT2D eigenvalue weighted by molar-refractivity contribution is -0.635. The molecule has 0 spiro atoms. The molecule has 2 aromatic carbocycles. The van der Waals surface area contributed by atoms with Crippen LogP contribution in [-0.2, 0) is 31.2 Å². The third-order valence-electron chi connectivity index (χ3n) is 8.18. The van der Waals surface area contributed by atoms with E-state index in [1.54, 1.807) is 17.3 Å². The van der Waals surface area contributed by atoms with E-state index in [0.717, 1.165) is 12.1 Å². The maximum absolute atomic E-state index is 13.7. The number of benzene rings is 2. The molecule has 2 heterocycles. The lowest BCUT2D eigenvalue weighted by Crippen LogP contribution is -2.83. The van der Waals surface area contributed by atoms with Gasteiger partial charge in [0.25, 0.3) is 5.91 Å². The molecule has 0 aromatic heterocycles. The Morgan fingerprint density at radius 2 is 1.56 bits per heavy atom. The molecule has 1 amide bonds. The van der Waals surface area contributed by atoms with E-state index < -0.39 is 104 Å². The van der Waals surface area contributed by atoms with Crippen LogP contribution < -0.4 is 15.1 Å². The zero-order valence-electron chi connectivity index (χ0n) is 28.5. The van der Waals surface area contributed by atoms with Crippen molar-refractivity contribution in [3.05, 3.63) is 70.5 Å². The van der Waals surface area contributed by atoms with Gasteiger partial charge in [-0.2, -0.15) is 31.4 Å². The Hall–Kier alpha value is -3.12. The van der Waals surface area contributed by atoms with Gasteiger partial charge in [-0.25, -0.2) is 9.17 Å². The minimum atomic E-state index is -5.51. The summed E-state index contributed by atoms with van der Waals surface area (Å²) in [5.41, 5.74) is -3.13. The Labute approximate surface area is 303 Å². The lowest BCUT2D eigenvalue weighted by Gasteiger charge is -2.42. The second-order valence-electron chi connectivity index (χ2n) is 12.3. The highest BCUT2D eigenvalue weighted by atomic mass is 31.2. The van der Waals surface area contributed by atoms with Crippen LogP contribution in [0.3, 0.4) is 0 Å². The first-order valence-electron chi connectivity index (χ1n) is 16.1.